The fraction of sp³-hybridized carbons (Fsp3) is 0.238. The molecule has 1 N–H and O–H groups in total. The van der Waals surface area contributed by atoms with Gasteiger partial charge in [-0.2, -0.15) is 0 Å². The number of amidine groups is 1. The van der Waals surface area contributed by atoms with E-state index in [1.807, 2.05) is 50.2 Å². The number of nitrogens with zero attached hydrogens (tertiary/aromatic N) is 1. The topological polar surface area (TPSA) is 69.2 Å². The van der Waals surface area contributed by atoms with E-state index >= 15 is 0 Å². The summed E-state index contributed by atoms with van der Waals surface area (Å²) < 4.78 is 16.2. The lowest BCUT2D eigenvalue weighted by Crippen LogP contribution is -2.19. The highest BCUT2D eigenvalue weighted by Crippen LogP contribution is 2.34. The summed E-state index contributed by atoms with van der Waals surface area (Å²) in [5.41, 5.74) is 2.58. The van der Waals surface area contributed by atoms with Crippen LogP contribution in [0.1, 0.15) is 18.1 Å². The van der Waals surface area contributed by atoms with Crippen LogP contribution in [0.2, 0.25) is 0 Å². The summed E-state index contributed by atoms with van der Waals surface area (Å²) >= 11 is 1.29. The van der Waals surface area contributed by atoms with E-state index in [1.54, 1.807) is 20.3 Å². The van der Waals surface area contributed by atoms with Gasteiger partial charge in [-0.05, 0) is 67.1 Å². The van der Waals surface area contributed by atoms with Crippen molar-refractivity contribution >= 4 is 34.6 Å². The largest absolute Gasteiger partial charge is 0.494 e. The molecule has 1 fully saturated rings. The number of hydrogen-bond donors (Lipinski definition) is 1. The zero-order valence-electron chi connectivity index (χ0n) is 16.2. The van der Waals surface area contributed by atoms with Crippen LogP contribution in [-0.4, -0.2) is 31.9 Å². The Labute approximate surface area is 168 Å². The number of thioether (sulfide) groups is 1. The second-order valence-corrected chi connectivity index (χ2v) is 7.03. The van der Waals surface area contributed by atoms with Gasteiger partial charge in [0.25, 0.3) is 5.91 Å². The number of methoxy groups -OCH3 is 2. The summed E-state index contributed by atoms with van der Waals surface area (Å²) in [5, 5.41) is 3.31. The third kappa shape index (κ3) is 4.48. The first-order valence-corrected chi connectivity index (χ1v) is 9.60. The quantitative estimate of drug-likeness (QED) is 0.735. The van der Waals surface area contributed by atoms with E-state index in [1.165, 1.54) is 11.8 Å². The molecule has 0 bridgehead atoms. The van der Waals surface area contributed by atoms with Gasteiger partial charge in [0.1, 0.15) is 11.4 Å². The van der Waals surface area contributed by atoms with Crippen molar-refractivity contribution in [1.29, 1.82) is 0 Å². The first kappa shape index (κ1) is 19.8. The van der Waals surface area contributed by atoms with Gasteiger partial charge in [-0.25, -0.2) is 4.99 Å². The first-order valence-electron chi connectivity index (χ1n) is 8.79. The number of benzene rings is 2. The summed E-state index contributed by atoms with van der Waals surface area (Å²) in [5.74, 6) is 1.76. The Morgan fingerprint density at radius 2 is 1.82 bits per heavy atom. The molecule has 1 saturated heterocycles. The number of nitrogens with one attached hydrogen (secondary N) is 1. The van der Waals surface area contributed by atoms with Crippen molar-refractivity contribution in [2.45, 2.75) is 13.8 Å². The predicted octanol–water partition coefficient (Wildman–Crippen LogP) is 4.30. The lowest BCUT2D eigenvalue weighted by Gasteiger charge is -2.09. The van der Waals surface area contributed by atoms with Gasteiger partial charge in [0.2, 0.25) is 0 Å². The molecule has 0 radical (unpaired) electrons. The van der Waals surface area contributed by atoms with E-state index in [0.717, 1.165) is 11.1 Å². The molecule has 1 aliphatic rings. The highest BCUT2D eigenvalue weighted by molar-refractivity contribution is 8.18. The van der Waals surface area contributed by atoms with Gasteiger partial charge < -0.3 is 19.5 Å². The number of aryl methyl sites for hydroxylation is 1. The Morgan fingerprint density at radius 1 is 1.07 bits per heavy atom. The molecule has 1 heterocycles. The zero-order chi connectivity index (χ0) is 20.1. The Bertz CT molecular complexity index is 953. The van der Waals surface area contributed by atoms with Gasteiger partial charge >= 0.3 is 0 Å². The second kappa shape index (κ2) is 8.84. The maximum atomic E-state index is 12.4. The average molecular weight is 398 g/mol. The van der Waals surface area contributed by atoms with Crippen LogP contribution in [0.15, 0.2) is 46.3 Å². The molecule has 0 aliphatic carbocycles. The van der Waals surface area contributed by atoms with Crippen molar-refractivity contribution in [1.82, 2.24) is 5.32 Å². The maximum Gasteiger partial charge on any atom is 0.264 e. The van der Waals surface area contributed by atoms with E-state index in [4.69, 9.17) is 14.2 Å². The van der Waals surface area contributed by atoms with Crippen LogP contribution in [0.25, 0.3) is 6.08 Å². The minimum atomic E-state index is -0.191. The molecule has 28 heavy (non-hydrogen) atoms. The molecule has 146 valence electrons. The van der Waals surface area contributed by atoms with Crippen molar-refractivity contribution in [2.24, 2.45) is 4.99 Å². The third-order valence-electron chi connectivity index (χ3n) is 3.99. The van der Waals surface area contributed by atoms with Crippen LogP contribution in [0.5, 0.6) is 17.2 Å². The summed E-state index contributed by atoms with van der Waals surface area (Å²) in [6, 6.07) is 11.3. The third-order valence-corrected chi connectivity index (χ3v) is 4.90. The summed E-state index contributed by atoms with van der Waals surface area (Å²) in [7, 11) is 3.19. The van der Waals surface area contributed by atoms with Crippen LogP contribution in [0.4, 0.5) is 5.69 Å². The minimum Gasteiger partial charge on any atom is -0.494 e. The van der Waals surface area contributed by atoms with Crippen LogP contribution < -0.4 is 19.5 Å². The number of carbonyl (C=O) groups is 1. The molecule has 0 spiro atoms. The molecule has 0 aromatic heterocycles. The molecule has 2 aromatic rings. The fourth-order valence-corrected chi connectivity index (χ4v) is 3.51. The Hall–Kier alpha value is -2.93. The van der Waals surface area contributed by atoms with Gasteiger partial charge in [0.15, 0.2) is 16.7 Å². The van der Waals surface area contributed by atoms with Crippen molar-refractivity contribution in [3.8, 4) is 17.2 Å². The average Bonchev–Trinajstić information content (AvgIpc) is 3.01. The second-order valence-electron chi connectivity index (χ2n) is 6.00. The summed E-state index contributed by atoms with van der Waals surface area (Å²) in [4.78, 5) is 17.5. The van der Waals surface area contributed by atoms with E-state index in [0.29, 0.717) is 39.6 Å². The van der Waals surface area contributed by atoms with Crippen molar-refractivity contribution < 1.29 is 19.0 Å². The number of hydrogen-bond acceptors (Lipinski definition) is 6. The predicted molar refractivity (Wildman–Crippen MR) is 113 cm³/mol. The standard InChI is InChI=1S/C21H22N2O4S/c1-5-27-18-11-14(7-9-17(18)26-4)12-19-20(24)23-21(28-19)22-15-10-13(2)6-8-16(15)25-3/h6-12H,5H2,1-4H3,(H,22,23,24)/b19-12-. The van der Waals surface area contributed by atoms with Gasteiger partial charge in [0.05, 0.1) is 25.7 Å². The van der Waals surface area contributed by atoms with E-state index < -0.39 is 0 Å². The molecule has 1 amide bonds. The molecule has 0 unspecified atom stereocenters. The van der Waals surface area contributed by atoms with Gasteiger partial charge in [-0.3, -0.25) is 4.79 Å². The highest BCUT2D eigenvalue weighted by atomic mass is 32.2. The van der Waals surface area contributed by atoms with Gasteiger partial charge in [-0.15, -0.1) is 0 Å². The molecule has 7 heteroatoms. The normalized spacial score (nSPS) is 16.4. The van der Waals surface area contributed by atoms with Gasteiger partial charge in [0, 0.05) is 0 Å². The lowest BCUT2D eigenvalue weighted by atomic mass is 10.2. The van der Waals surface area contributed by atoms with E-state index in [2.05, 4.69) is 10.3 Å². The maximum absolute atomic E-state index is 12.4. The first-order chi connectivity index (χ1) is 13.5. The molecule has 6 nitrogen and oxygen atoms in total. The van der Waals surface area contributed by atoms with Crippen molar-refractivity contribution in [2.75, 3.05) is 20.8 Å². The Kier molecular flexibility index (Phi) is 6.26. The van der Waals surface area contributed by atoms with Gasteiger partial charge in [-0.1, -0.05) is 12.1 Å². The molecular formula is C21H22N2O4S. The number of amides is 1. The molecule has 0 atom stereocenters. The number of carbonyl (C=O) groups excluding carboxylic acids is 1. The minimum absolute atomic E-state index is 0.191. The monoisotopic (exact) mass is 398 g/mol. The SMILES string of the molecule is CCOc1cc(/C=C2\SC(=Nc3cc(C)ccc3OC)NC2=O)ccc1OC. The lowest BCUT2D eigenvalue weighted by molar-refractivity contribution is -0.115. The Morgan fingerprint density at radius 3 is 2.54 bits per heavy atom. The van der Waals surface area contributed by atoms with Crippen LogP contribution in [-0.2, 0) is 4.79 Å². The Balaban J connectivity index is 1.87. The smallest absolute Gasteiger partial charge is 0.264 e. The number of rotatable bonds is 6. The van der Waals surface area contributed by atoms with E-state index in [9.17, 15) is 4.79 Å². The van der Waals surface area contributed by atoms with Crippen molar-refractivity contribution in [3.63, 3.8) is 0 Å². The summed E-state index contributed by atoms with van der Waals surface area (Å²) in [6.45, 7) is 4.42. The summed E-state index contributed by atoms with van der Waals surface area (Å²) in [6.07, 6.45) is 1.80. The fourth-order valence-electron chi connectivity index (χ4n) is 2.68. The number of aliphatic imine (C=N–C) groups is 1. The van der Waals surface area contributed by atoms with Crippen LogP contribution >= 0.6 is 11.8 Å². The highest BCUT2D eigenvalue weighted by Gasteiger charge is 2.24. The molecule has 0 saturated carbocycles. The molecule has 1 aliphatic heterocycles. The van der Waals surface area contributed by atoms with Crippen LogP contribution in [0.3, 0.4) is 0 Å². The zero-order valence-corrected chi connectivity index (χ0v) is 17.1. The molecule has 2 aromatic carbocycles. The number of ether oxygens (including phenoxy) is 3. The van der Waals surface area contributed by atoms with Crippen LogP contribution in [0, 0.1) is 6.92 Å². The molecule has 3 rings (SSSR count). The van der Waals surface area contributed by atoms with Crippen molar-refractivity contribution in [3.05, 3.63) is 52.4 Å². The molecular weight excluding hydrogens is 376 g/mol. The van der Waals surface area contributed by atoms with E-state index in [-0.39, 0.29) is 5.91 Å².